The number of para-hydroxylation sites is 1. The van der Waals surface area contributed by atoms with Crippen LogP contribution < -0.4 is 17.2 Å². The first kappa shape index (κ1) is 21.3. The Morgan fingerprint density at radius 2 is 1.91 bits per heavy atom. The number of halogens is 1. The number of nitrogen functional groups attached to an aromatic ring is 2. The number of nitrogens with two attached hydrogens (primary N) is 3. The lowest BCUT2D eigenvalue weighted by Crippen LogP contribution is -2.14. The summed E-state index contributed by atoms with van der Waals surface area (Å²) in [6, 6.07) is 12.9. The molecule has 0 fully saturated rings. The lowest BCUT2D eigenvalue weighted by Gasteiger charge is -2.13. The summed E-state index contributed by atoms with van der Waals surface area (Å²) >= 11 is 6.41. The second-order valence-corrected chi connectivity index (χ2v) is 7.94. The number of nitrogens with one attached hydrogen (secondary N) is 1. The van der Waals surface area contributed by atoms with Gasteiger partial charge in [0.15, 0.2) is 0 Å². The van der Waals surface area contributed by atoms with Gasteiger partial charge >= 0.3 is 0 Å². The van der Waals surface area contributed by atoms with Crippen LogP contribution >= 0.6 is 11.6 Å². The number of aliphatic imine (C=N–C) groups is 1. The van der Waals surface area contributed by atoms with E-state index in [1.165, 1.54) is 0 Å². The highest BCUT2D eigenvalue weighted by Gasteiger charge is 2.19. The van der Waals surface area contributed by atoms with Crippen molar-refractivity contribution in [3.05, 3.63) is 65.1 Å². The first-order valence-corrected chi connectivity index (χ1v) is 10.5. The summed E-state index contributed by atoms with van der Waals surface area (Å²) in [5, 5.41) is 8.78. The normalized spacial score (nSPS) is 11.9. The van der Waals surface area contributed by atoms with Crippen LogP contribution in [0.3, 0.4) is 0 Å². The standard InChI is InChI=1S/C23H19ClN10/c1-11-31-21-14(22(27)30-10-25)7-12(16-9-19(26)33-23(28)32-16)8-18(21)34(11)17-5-6-29-20-13(17)3-2-4-15(20)24/h2-10H,1H3,(H3,25,27,30)(H4,26,28,32,33). The second-order valence-electron chi connectivity index (χ2n) is 7.53. The van der Waals surface area contributed by atoms with Crippen LogP contribution in [0.1, 0.15) is 11.4 Å². The maximum atomic E-state index is 7.37. The molecule has 0 saturated heterocycles. The fourth-order valence-corrected chi connectivity index (χ4v) is 4.26. The lowest BCUT2D eigenvalue weighted by molar-refractivity contribution is 1.01. The van der Waals surface area contributed by atoms with Crippen LogP contribution in [0.5, 0.6) is 0 Å². The van der Waals surface area contributed by atoms with E-state index in [1.54, 1.807) is 24.4 Å². The Morgan fingerprint density at radius 1 is 1.09 bits per heavy atom. The number of rotatable bonds is 4. The molecule has 0 aliphatic heterocycles. The zero-order chi connectivity index (χ0) is 24.0. The number of pyridine rings is 1. The number of hydrogen-bond acceptors (Lipinski definition) is 7. The van der Waals surface area contributed by atoms with E-state index in [4.69, 9.17) is 39.2 Å². The van der Waals surface area contributed by atoms with Gasteiger partial charge in [0.25, 0.3) is 0 Å². The molecule has 0 radical (unpaired) electrons. The Bertz CT molecular complexity index is 1620. The predicted molar refractivity (Wildman–Crippen MR) is 135 cm³/mol. The molecule has 0 spiro atoms. The first-order chi connectivity index (χ1) is 16.4. The molecule has 3 heterocycles. The van der Waals surface area contributed by atoms with E-state index in [1.807, 2.05) is 35.8 Å². The van der Waals surface area contributed by atoms with Crippen molar-refractivity contribution < 1.29 is 0 Å². The van der Waals surface area contributed by atoms with Gasteiger partial charge in [0, 0.05) is 28.8 Å². The summed E-state index contributed by atoms with van der Waals surface area (Å²) in [5.74, 6) is 1.15. The number of hydrogen-bond donors (Lipinski definition) is 4. The maximum Gasteiger partial charge on any atom is 0.222 e. The van der Waals surface area contributed by atoms with Gasteiger partial charge in [-0.15, -0.1) is 0 Å². The van der Waals surface area contributed by atoms with Crippen molar-refractivity contribution >= 4 is 57.5 Å². The number of benzene rings is 2. The van der Waals surface area contributed by atoms with Gasteiger partial charge in [-0.1, -0.05) is 23.7 Å². The van der Waals surface area contributed by atoms with Gasteiger partial charge in [-0.05, 0) is 31.2 Å². The van der Waals surface area contributed by atoms with Crippen molar-refractivity contribution in [3.8, 4) is 16.9 Å². The molecule has 11 heteroatoms. The van der Waals surface area contributed by atoms with E-state index in [9.17, 15) is 0 Å². The molecule has 10 nitrogen and oxygen atoms in total. The van der Waals surface area contributed by atoms with Crippen LogP contribution in [0.25, 0.3) is 38.9 Å². The average Bonchev–Trinajstić information content (AvgIpc) is 3.13. The summed E-state index contributed by atoms with van der Waals surface area (Å²) in [6.45, 7) is 1.89. The van der Waals surface area contributed by atoms with E-state index in [-0.39, 0.29) is 17.6 Å². The van der Waals surface area contributed by atoms with Gasteiger partial charge in [0.1, 0.15) is 29.3 Å². The lowest BCUT2D eigenvalue weighted by atomic mass is 10.0. The molecule has 0 saturated carbocycles. The molecule has 3 aromatic heterocycles. The van der Waals surface area contributed by atoms with Gasteiger partial charge in [-0.25, -0.2) is 15.0 Å². The van der Waals surface area contributed by atoms with Gasteiger partial charge in [-0.3, -0.25) is 15.0 Å². The van der Waals surface area contributed by atoms with E-state index < -0.39 is 0 Å². The quantitative estimate of drug-likeness (QED) is 0.230. The maximum absolute atomic E-state index is 7.37. The zero-order valence-corrected chi connectivity index (χ0v) is 18.7. The zero-order valence-electron chi connectivity index (χ0n) is 18.0. The minimum Gasteiger partial charge on any atom is -0.384 e. The van der Waals surface area contributed by atoms with Crippen LogP contribution in [0, 0.1) is 12.3 Å². The van der Waals surface area contributed by atoms with Crippen molar-refractivity contribution in [2.45, 2.75) is 6.92 Å². The molecule has 0 atom stereocenters. The summed E-state index contributed by atoms with van der Waals surface area (Å²) < 4.78 is 1.99. The molecular weight excluding hydrogens is 452 g/mol. The summed E-state index contributed by atoms with van der Waals surface area (Å²) in [6.07, 6.45) is 2.59. The van der Waals surface area contributed by atoms with Gasteiger partial charge in [0.05, 0.1) is 27.4 Å². The second kappa shape index (κ2) is 8.09. The smallest absolute Gasteiger partial charge is 0.222 e. The Hall–Kier alpha value is -4.57. The highest BCUT2D eigenvalue weighted by molar-refractivity contribution is 6.35. The minimum absolute atomic E-state index is 0.0530. The third-order valence-corrected chi connectivity index (χ3v) is 5.71. The van der Waals surface area contributed by atoms with E-state index >= 15 is 0 Å². The summed E-state index contributed by atoms with van der Waals surface area (Å²) in [7, 11) is 0. The number of anilines is 2. The molecule has 2 aromatic carbocycles. The predicted octanol–water partition coefficient (Wildman–Crippen LogP) is 3.47. The van der Waals surface area contributed by atoms with Gasteiger partial charge in [-0.2, -0.15) is 4.98 Å². The molecule has 168 valence electrons. The number of aryl methyl sites for hydroxylation is 1. The van der Waals surface area contributed by atoms with Crippen LogP contribution in [0.15, 0.2) is 53.7 Å². The molecule has 0 unspecified atom stereocenters. The third kappa shape index (κ3) is 3.46. The minimum atomic E-state index is 0.0530. The number of nitrogens with zero attached hydrogens (tertiary/aromatic N) is 6. The highest BCUT2D eigenvalue weighted by Crippen LogP contribution is 2.33. The summed E-state index contributed by atoms with van der Waals surface area (Å²) in [4.78, 5) is 21.5. The molecule has 5 rings (SSSR count). The summed E-state index contributed by atoms with van der Waals surface area (Å²) in [5.41, 5.74) is 22.6. The Kier molecular flexibility index (Phi) is 5.06. The number of imidazole rings is 1. The molecular formula is C23H19ClN10. The molecule has 0 aliphatic rings. The van der Waals surface area contributed by atoms with Crippen molar-refractivity contribution in [2.24, 2.45) is 10.7 Å². The number of amidine groups is 1. The highest BCUT2D eigenvalue weighted by atomic mass is 35.5. The SMILES string of the molecule is Cc1nc2c(C(N)=NC=N)cc(-c3cc(N)nc(N)n3)cc2n1-c1ccnc2c(Cl)cccc12. The van der Waals surface area contributed by atoms with Crippen LogP contribution in [-0.4, -0.2) is 36.7 Å². The molecule has 5 aromatic rings. The molecule has 0 bridgehead atoms. The molecule has 0 aliphatic carbocycles. The van der Waals surface area contributed by atoms with Crippen LogP contribution in [0.4, 0.5) is 11.8 Å². The van der Waals surface area contributed by atoms with Crippen molar-refractivity contribution in [1.29, 1.82) is 5.41 Å². The Labute approximate surface area is 198 Å². The Morgan fingerprint density at radius 3 is 2.68 bits per heavy atom. The molecule has 0 amide bonds. The van der Waals surface area contributed by atoms with Crippen LogP contribution in [0.2, 0.25) is 5.02 Å². The fourth-order valence-electron chi connectivity index (χ4n) is 4.03. The van der Waals surface area contributed by atoms with E-state index in [0.717, 1.165) is 22.9 Å². The first-order valence-electron chi connectivity index (χ1n) is 10.2. The third-order valence-electron chi connectivity index (χ3n) is 5.41. The number of fused-ring (bicyclic) bond motifs is 2. The number of aromatic nitrogens is 5. The fraction of sp³-hybridized carbons (Fsp3) is 0.0435. The Balaban J connectivity index is 1.89. The average molecular weight is 471 g/mol. The van der Waals surface area contributed by atoms with Gasteiger partial charge in [0.2, 0.25) is 5.95 Å². The van der Waals surface area contributed by atoms with Crippen molar-refractivity contribution in [2.75, 3.05) is 11.5 Å². The van der Waals surface area contributed by atoms with Crippen molar-refractivity contribution in [1.82, 2.24) is 24.5 Å². The van der Waals surface area contributed by atoms with Crippen LogP contribution in [-0.2, 0) is 0 Å². The van der Waals surface area contributed by atoms with Gasteiger partial charge < -0.3 is 17.2 Å². The molecule has 7 N–H and O–H groups in total. The van der Waals surface area contributed by atoms with Crippen molar-refractivity contribution in [3.63, 3.8) is 0 Å². The van der Waals surface area contributed by atoms with E-state index in [0.29, 0.717) is 38.7 Å². The molecule has 34 heavy (non-hydrogen) atoms. The largest absolute Gasteiger partial charge is 0.384 e. The topological polar surface area (TPSA) is 171 Å². The monoisotopic (exact) mass is 470 g/mol. The van der Waals surface area contributed by atoms with E-state index in [2.05, 4.69) is 19.9 Å².